The van der Waals surface area contributed by atoms with Gasteiger partial charge in [-0.25, -0.2) is 0 Å². The lowest BCUT2D eigenvalue weighted by Gasteiger charge is -2.19. The Morgan fingerprint density at radius 1 is 0.745 bits per heavy atom. The molecule has 47 heavy (non-hydrogen) atoms. The third-order valence-electron chi connectivity index (χ3n) is 7.36. The second kappa shape index (κ2) is 15.6. The Bertz CT molecular complexity index is 1950. The normalized spacial score (nSPS) is 11.8. The fraction of sp³-hybridized carbons (Fsp3) is 0.0789. The molecule has 0 saturated carbocycles. The number of nitrogens with one attached hydrogen (secondary N) is 3. The molecule has 3 N–H and O–H groups in total. The van der Waals surface area contributed by atoms with Gasteiger partial charge in [0, 0.05) is 21.8 Å². The molecule has 5 rings (SSSR count). The molecule has 6 nitrogen and oxygen atoms in total. The van der Waals surface area contributed by atoms with Crippen molar-refractivity contribution in [3.63, 3.8) is 0 Å². The van der Waals surface area contributed by atoms with Crippen molar-refractivity contribution >= 4 is 70.1 Å². The van der Waals surface area contributed by atoms with Gasteiger partial charge in [0.25, 0.3) is 11.8 Å². The molecule has 236 valence electrons. The van der Waals surface area contributed by atoms with Crippen molar-refractivity contribution < 1.29 is 14.4 Å². The summed E-state index contributed by atoms with van der Waals surface area (Å²) in [4.78, 5) is 41.2. The van der Waals surface area contributed by atoms with Gasteiger partial charge in [-0.15, -0.1) is 11.8 Å². The van der Waals surface area contributed by atoms with Gasteiger partial charge in [-0.1, -0.05) is 102 Å². The molecule has 0 spiro atoms. The fourth-order valence-electron chi connectivity index (χ4n) is 4.70. The summed E-state index contributed by atoms with van der Waals surface area (Å²) in [5.74, 6) is -1.20. The summed E-state index contributed by atoms with van der Waals surface area (Å²) in [6, 6.07) is 36.1. The Kier molecular flexibility index (Phi) is 11.2. The van der Waals surface area contributed by atoms with Crippen molar-refractivity contribution in [2.24, 2.45) is 0 Å². The lowest BCUT2D eigenvalue weighted by atomic mass is 10.1. The SMILES string of the molecule is Cc1cccc(NC(=O)C(Sc2cccc(NC(=O)/C(=C\c3cccc(Cl)c3Cl)NC(=O)c3ccccc3)c2)c2ccccc2)c1C. The van der Waals surface area contributed by atoms with Crippen LogP contribution in [0.5, 0.6) is 0 Å². The van der Waals surface area contributed by atoms with Crippen LogP contribution in [0.1, 0.15) is 37.9 Å². The van der Waals surface area contributed by atoms with E-state index in [0.717, 1.165) is 27.3 Å². The quantitative estimate of drug-likeness (QED) is 0.101. The Hall–Kier alpha value is -4.82. The van der Waals surface area contributed by atoms with Gasteiger partial charge in [0.15, 0.2) is 0 Å². The molecule has 1 unspecified atom stereocenters. The predicted octanol–water partition coefficient (Wildman–Crippen LogP) is 9.49. The summed E-state index contributed by atoms with van der Waals surface area (Å²) in [5.41, 5.74) is 4.97. The van der Waals surface area contributed by atoms with Crippen molar-refractivity contribution in [1.29, 1.82) is 0 Å². The van der Waals surface area contributed by atoms with E-state index in [1.165, 1.54) is 17.8 Å². The van der Waals surface area contributed by atoms with E-state index in [-0.39, 0.29) is 16.6 Å². The number of rotatable bonds is 10. The lowest BCUT2D eigenvalue weighted by Crippen LogP contribution is -2.30. The molecule has 0 bridgehead atoms. The zero-order chi connectivity index (χ0) is 33.3. The van der Waals surface area contributed by atoms with E-state index in [4.69, 9.17) is 23.2 Å². The maximum absolute atomic E-state index is 13.7. The van der Waals surface area contributed by atoms with E-state index in [1.54, 1.807) is 66.7 Å². The van der Waals surface area contributed by atoms with Crippen LogP contribution in [0.15, 0.2) is 132 Å². The van der Waals surface area contributed by atoms with Gasteiger partial charge in [-0.3, -0.25) is 14.4 Å². The molecule has 1 atom stereocenters. The first kappa shape index (κ1) is 33.5. The molecule has 9 heteroatoms. The van der Waals surface area contributed by atoms with Crippen LogP contribution in [0.2, 0.25) is 10.0 Å². The molecule has 3 amide bonds. The van der Waals surface area contributed by atoms with Gasteiger partial charge in [-0.05, 0) is 84.6 Å². The monoisotopic (exact) mass is 679 g/mol. The summed E-state index contributed by atoms with van der Waals surface area (Å²) >= 11 is 14.0. The molecule has 0 fully saturated rings. The highest BCUT2D eigenvalue weighted by molar-refractivity contribution is 8.00. The number of thioether (sulfide) groups is 1. The molecule has 5 aromatic rings. The summed E-state index contributed by atoms with van der Waals surface area (Å²) < 4.78 is 0. The topological polar surface area (TPSA) is 87.3 Å². The molecule has 0 aromatic heterocycles. The first-order valence-electron chi connectivity index (χ1n) is 14.7. The van der Waals surface area contributed by atoms with Gasteiger partial charge < -0.3 is 16.0 Å². The van der Waals surface area contributed by atoms with E-state index in [0.29, 0.717) is 21.8 Å². The number of amides is 3. The summed E-state index contributed by atoms with van der Waals surface area (Å²) in [6.07, 6.45) is 1.48. The zero-order valence-corrected chi connectivity index (χ0v) is 27.9. The van der Waals surface area contributed by atoms with Crippen LogP contribution in [0.25, 0.3) is 6.08 Å². The van der Waals surface area contributed by atoms with Crippen LogP contribution in [-0.4, -0.2) is 17.7 Å². The standard InChI is InChI=1S/C38H31Cl2N3O3S/c1-24-12-9-21-32(25(24)2)42-38(46)35(26-13-5-3-6-14-26)47-30-19-11-18-29(23-30)41-37(45)33(22-28-17-10-20-31(39)34(28)40)43-36(44)27-15-7-4-8-16-27/h3-23,35H,1-2H3,(H,41,45)(H,42,46)(H,43,44)/b33-22+. The lowest BCUT2D eigenvalue weighted by molar-refractivity contribution is -0.116. The molecule has 0 aliphatic rings. The van der Waals surface area contributed by atoms with Gasteiger partial charge in [0.1, 0.15) is 10.9 Å². The number of carbonyl (C=O) groups is 3. The number of benzene rings is 5. The van der Waals surface area contributed by atoms with Crippen LogP contribution < -0.4 is 16.0 Å². The Morgan fingerprint density at radius 3 is 2.17 bits per heavy atom. The van der Waals surface area contributed by atoms with Crippen LogP contribution in [0, 0.1) is 13.8 Å². The minimum absolute atomic E-state index is 0.0314. The highest BCUT2D eigenvalue weighted by atomic mass is 35.5. The van der Waals surface area contributed by atoms with Crippen LogP contribution in [0.4, 0.5) is 11.4 Å². The fourth-order valence-corrected chi connectivity index (χ4v) is 6.14. The second-order valence-corrected chi connectivity index (χ2v) is 12.6. The maximum atomic E-state index is 13.7. The Balaban J connectivity index is 1.40. The van der Waals surface area contributed by atoms with Crippen molar-refractivity contribution in [1.82, 2.24) is 5.32 Å². The third-order valence-corrected chi connectivity index (χ3v) is 9.44. The van der Waals surface area contributed by atoms with Crippen molar-refractivity contribution in [2.75, 3.05) is 10.6 Å². The molecule has 5 aromatic carbocycles. The summed E-state index contributed by atoms with van der Waals surface area (Å²) in [6.45, 7) is 3.98. The maximum Gasteiger partial charge on any atom is 0.272 e. The highest BCUT2D eigenvalue weighted by Crippen LogP contribution is 2.37. The van der Waals surface area contributed by atoms with E-state index in [9.17, 15) is 14.4 Å². The molecular formula is C38H31Cl2N3O3S. The molecule has 0 aliphatic carbocycles. The second-order valence-electron chi connectivity index (χ2n) is 10.6. The predicted molar refractivity (Wildman–Crippen MR) is 193 cm³/mol. The minimum Gasteiger partial charge on any atom is -0.325 e. The minimum atomic E-state index is -0.576. The van der Waals surface area contributed by atoms with E-state index < -0.39 is 17.1 Å². The number of anilines is 2. The van der Waals surface area contributed by atoms with Gasteiger partial charge in [-0.2, -0.15) is 0 Å². The van der Waals surface area contributed by atoms with E-state index in [1.807, 2.05) is 68.4 Å². The van der Waals surface area contributed by atoms with Gasteiger partial charge >= 0.3 is 0 Å². The first-order chi connectivity index (χ1) is 22.7. The number of halogens is 2. The van der Waals surface area contributed by atoms with E-state index in [2.05, 4.69) is 16.0 Å². The number of carbonyl (C=O) groups excluding carboxylic acids is 3. The summed E-state index contributed by atoms with van der Waals surface area (Å²) in [5, 5.41) is 8.67. The molecule has 0 saturated heterocycles. The average Bonchev–Trinajstić information content (AvgIpc) is 3.08. The molecular weight excluding hydrogens is 649 g/mol. The van der Waals surface area contributed by atoms with Crippen molar-refractivity contribution in [3.05, 3.63) is 165 Å². The highest BCUT2D eigenvalue weighted by Gasteiger charge is 2.23. The average molecular weight is 681 g/mol. The Morgan fingerprint density at radius 2 is 1.43 bits per heavy atom. The van der Waals surface area contributed by atoms with Crippen molar-refractivity contribution in [3.8, 4) is 0 Å². The number of hydrogen-bond donors (Lipinski definition) is 3. The smallest absolute Gasteiger partial charge is 0.272 e. The molecule has 0 heterocycles. The molecule has 0 radical (unpaired) electrons. The Labute approximate surface area is 288 Å². The largest absolute Gasteiger partial charge is 0.325 e. The van der Waals surface area contributed by atoms with Crippen LogP contribution >= 0.6 is 35.0 Å². The van der Waals surface area contributed by atoms with E-state index >= 15 is 0 Å². The van der Waals surface area contributed by atoms with Gasteiger partial charge in [0.2, 0.25) is 5.91 Å². The van der Waals surface area contributed by atoms with Crippen LogP contribution in [-0.2, 0) is 9.59 Å². The van der Waals surface area contributed by atoms with Crippen LogP contribution in [0.3, 0.4) is 0 Å². The molecule has 0 aliphatic heterocycles. The number of aryl methyl sites for hydroxylation is 1. The first-order valence-corrected chi connectivity index (χ1v) is 16.4. The zero-order valence-electron chi connectivity index (χ0n) is 25.6. The number of hydrogen-bond acceptors (Lipinski definition) is 4. The summed E-state index contributed by atoms with van der Waals surface area (Å²) in [7, 11) is 0. The van der Waals surface area contributed by atoms with Crippen molar-refractivity contribution in [2.45, 2.75) is 24.0 Å². The van der Waals surface area contributed by atoms with Gasteiger partial charge in [0.05, 0.1) is 10.0 Å². The third kappa shape index (κ3) is 8.71.